The Hall–Kier alpha value is -2.60. The molecule has 2 aromatic rings. The van der Waals surface area contributed by atoms with Crippen LogP contribution in [0.5, 0.6) is 5.75 Å². The van der Waals surface area contributed by atoms with Crippen molar-refractivity contribution in [2.75, 3.05) is 6.61 Å². The zero-order valence-electron chi connectivity index (χ0n) is 11.4. The normalized spacial score (nSPS) is 10.0. The molecule has 0 heterocycles. The molecular formula is C15H12ClNO5. The van der Waals surface area contributed by atoms with E-state index >= 15 is 0 Å². The molecule has 0 aromatic heterocycles. The van der Waals surface area contributed by atoms with Crippen LogP contribution in [0.1, 0.15) is 5.56 Å². The smallest absolute Gasteiger partial charge is 0.434 e. The number of hydrogen-bond acceptors (Lipinski definition) is 5. The number of carbonyl (C=O) groups excluding carboxylic acids is 1. The molecule has 0 aliphatic heterocycles. The van der Waals surface area contributed by atoms with Gasteiger partial charge in [-0.15, -0.1) is 0 Å². The van der Waals surface area contributed by atoms with Crippen LogP contribution in [-0.4, -0.2) is 17.7 Å². The van der Waals surface area contributed by atoms with Crippen molar-refractivity contribution in [2.24, 2.45) is 0 Å². The largest absolute Gasteiger partial charge is 0.513 e. The summed E-state index contributed by atoms with van der Waals surface area (Å²) in [5, 5.41) is 10.8. The Morgan fingerprint density at radius 3 is 2.45 bits per heavy atom. The molecule has 0 radical (unpaired) electrons. The molecule has 0 bridgehead atoms. The summed E-state index contributed by atoms with van der Waals surface area (Å²) in [6.45, 7) is 0.0983. The number of halogens is 1. The number of non-ortho nitro benzene ring substituents is 1. The molecule has 0 spiro atoms. The van der Waals surface area contributed by atoms with Crippen molar-refractivity contribution in [1.82, 2.24) is 0 Å². The van der Waals surface area contributed by atoms with Crippen LogP contribution in [0.25, 0.3) is 0 Å². The number of benzene rings is 2. The molecule has 0 amide bonds. The lowest BCUT2D eigenvalue weighted by Crippen LogP contribution is -2.12. The zero-order chi connectivity index (χ0) is 15.9. The van der Waals surface area contributed by atoms with Crippen LogP contribution < -0.4 is 4.74 Å². The maximum absolute atomic E-state index is 11.5. The minimum absolute atomic E-state index is 0.0165. The van der Waals surface area contributed by atoms with E-state index in [2.05, 4.69) is 0 Å². The van der Waals surface area contributed by atoms with Gasteiger partial charge in [0.2, 0.25) is 0 Å². The molecule has 0 aliphatic rings. The highest BCUT2D eigenvalue weighted by Crippen LogP contribution is 2.23. The number of nitro benzene ring substituents is 1. The second kappa shape index (κ2) is 7.42. The number of ether oxygens (including phenoxy) is 2. The van der Waals surface area contributed by atoms with Crippen molar-refractivity contribution in [2.45, 2.75) is 6.42 Å². The topological polar surface area (TPSA) is 78.7 Å². The number of rotatable bonds is 5. The molecule has 0 fully saturated rings. The highest BCUT2D eigenvalue weighted by atomic mass is 35.5. The average Bonchev–Trinajstić information content (AvgIpc) is 2.50. The van der Waals surface area contributed by atoms with Gasteiger partial charge in [0, 0.05) is 18.6 Å². The van der Waals surface area contributed by atoms with Gasteiger partial charge in [0.15, 0.2) is 5.75 Å². The quantitative estimate of drug-likeness (QED) is 0.360. The highest BCUT2D eigenvalue weighted by Gasteiger charge is 2.09. The Labute approximate surface area is 131 Å². The van der Waals surface area contributed by atoms with E-state index < -0.39 is 11.1 Å². The molecule has 114 valence electrons. The van der Waals surface area contributed by atoms with Gasteiger partial charge in [-0.05, 0) is 17.7 Å². The number of para-hydroxylation sites is 1. The molecule has 0 atom stereocenters. The number of hydrogen-bond donors (Lipinski definition) is 0. The fraction of sp³-hybridized carbons (Fsp3) is 0.133. The third-order valence-electron chi connectivity index (χ3n) is 2.79. The fourth-order valence-corrected chi connectivity index (χ4v) is 1.86. The van der Waals surface area contributed by atoms with Gasteiger partial charge in [-0.1, -0.05) is 35.9 Å². The fourth-order valence-electron chi connectivity index (χ4n) is 1.68. The minimum atomic E-state index is -0.852. The van der Waals surface area contributed by atoms with Crippen molar-refractivity contribution in [3.05, 3.63) is 69.2 Å². The third-order valence-corrected chi connectivity index (χ3v) is 3.10. The van der Waals surface area contributed by atoms with E-state index in [9.17, 15) is 14.9 Å². The first-order valence-electron chi connectivity index (χ1n) is 6.39. The minimum Gasteiger partial charge on any atom is -0.434 e. The van der Waals surface area contributed by atoms with Gasteiger partial charge in [0.25, 0.3) is 5.69 Å². The van der Waals surface area contributed by atoms with E-state index in [-0.39, 0.29) is 18.0 Å². The lowest BCUT2D eigenvalue weighted by Gasteiger charge is -2.07. The molecule has 2 rings (SSSR count). The van der Waals surface area contributed by atoms with Crippen LogP contribution in [-0.2, 0) is 11.2 Å². The van der Waals surface area contributed by atoms with E-state index in [1.54, 1.807) is 36.4 Å². The summed E-state index contributed by atoms with van der Waals surface area (Å²) in [5.74, 6) is 0.226. The zero-order valence-corrected chi connectivity index (χ0v) is 12.2. The Morgan fingerprint density at radius 1 is 1.14 bits per heavy atom. The van der Waals surface area contributed by atoms with E-state index in [1.807, 2.05) is 0 Å². The van der Waals surface area contributed by atoms with Gasteiger partial charge >= 0.3 is 6.16 Å². The van der Waals surface area contributed by atoms with E-state index in [0.29, 0.717) is 11.4 Å². The first-order valence-corrected chi connectivity index (χ1v) is 6.76. The van der Waals surface area contributed by atoms with Gasteiger partial charge < -0.3 is 9.47 Å². The second-order valence-electron chi connectivity index (χ2n) is 4.30. The summed E-state index contributed by atoms with van der Waals surface area (Å²) >= 11 is 5.85. The SMILES string of the molecule is O=C(OCCc1ccc([N+](=O)[O-])cc1)Oc1ccccc1Cl. The average molecular weight is 322 g/mol. The summed E-state index contributed by atoms with van der Waals surface area (Å²) in [4.78, 5) is 21.6. The number of nitrogens with zero attached hydrogens (tertiary/aromatic N) is 1. The first kappa shape index (κ1) is 15.8. The van der Waals surface area contributed by atoms with Crippen molar-refractivity contribution in [3.8, 4) is 5.75 Å². The van der Waals surface area contributed by atoms with Crippen LogP contribution in [0.4, 0.5) is 10.5 Å². The molecule has 2 aromatic carbocycles. The highest BCUT2D eigenvalue weighted by molar-refractivity contribution is 6.32. The molecule has 0 saturated carbocycles. The number of carbonyl (C=O) groups is 1. The first-order chi connectivity index (χ1) is 10.6. The van der Waals surface area contributed by atoms with E-state index in [1.165, 1.54) is 12.1 Å². The Bertz CT molecular complexity index is 672. The van der Waals surface area contributed by atoms with Crippen LogP contribution in [0.3, 0.4) is 0 Å². The monoisotopic (exact) mass is 321 g/mol. The lowest BCUT2D eigenvalue weighted by molar-refractivity contribution is -0.384. The van der Waals surface area contributed by atoms with Crippen molar-refractivity contribution in [1.29, 1.82) is 0 Å². The summed E-state index contributed by atoms with van der Waals surface area (Å²) in [6, 6.07) is 12.6. The second-order valence-corrected chi connectivity index (χ2v) is 4.71. The predicted molar refractivity (Wildman–Crippen MR) is 80.2 cm³/mol. The molecule has 6 nitrogen and oxygen atoms in total. The van der Waals surface area contributed by atoms with Gasteiger partial charge in [-0.3, -0.25) is 10.1 Å². The lowest BCUT2D eigenvalue weighted by atomic mass is 10.1. The summed E-state index contributed by atoms with van der Waals surface area (Å²) < 4.78 is 9.88. The molecule has 0 saturated heterocycles. The Kier molecular flexibility index (Phi) is 5.32. The van der Waals surface area contributed by atoms with Crippen molar-refractivity contribution < 1.29 is 19.2 Å². The predicted octanol–water partition coefficient (Wildman–Crippen LogP) is 4.01. The Balaban J connectivity index is 1.79. The van der Waals surface area contributed by atoms with Gasteiger partial charge in [0.05, 0.1) is 16.6 Å². The molecular weight excluding hydrogens is 310 g/mol. The van der Waals surface area contributed by atoms with Gasteiger partial charge in [0.1, 0.15) is 0 Å². The molecule has 7 heteroatoms. The van der Waals surface area contributed by atoms with Gasteiger partial charge in [-0.2, -0.15) is 0 Å². The van der Waals surface area contributed by atoms with E-state index in [4.69, 9.17) is 21.1 Å². The van der Waals surface area contributed by atoms with Crippen molar-refractivity contribution >= 4 is 23.4 Å². The van der Waals surface area contributed by atoms with Crippen LogP contribution in [0, 0.1) is 10.1 Å². The molecule has 22 heavy (non-hydrogen) atoms. The van der Waals surface area contributed by atoms with Crippen molar-refractivity contribution in [3.63, 3.8) is 0 Å². The number of nitro groups is 1. The standard InChI is InChI=1S/C15H12ClNO5/c16-13-3-1-2-4-14(13)22-15(18)21-10-9-11-5-7-12(8-6-11)17(19)20/h1-8H,9-10H2. The summed E-state index contributed by atoms with van der Waals surface area (Å²) in [6.07, 6.45) is -0.426. The summed E-state index contributed by atoms with van der Waals surface area (Å²) in [5.41, 5.74) is 0.832. The maximum atomic E-state index is 11.5. The maximum Gasteiger partial charge on any atom is 0.513 e. The third kappa shape index (κ3) is 4.46. The summed E-state index contributed by atoms with van der Waals surface area (Å²) in [7, 11) is 0. The van der Waals surface area contributed by atoms with Crippen LogP contribution in [0.15, 0.2) is 48.5 Å². The molecule has 0 N–H and O–H groups in total. The van der Waals surface area contributed by atoms with E-state index in [0.717, 1.165) is 5.56 Å². The van der Waals surface area contributed by atoms with Crippen LogP contribution >= 0.6 is 11.6 Å². The Morgan fingerprint density at radius 2 is 1.82 bits per heavy atom. The molecule has 0 unspecified atom stereocenters. The van der Waals surface area contributed by atoms with Crippen LogP contribution in [0.2, 0.25) is 5.02 Å². The van der Waals surface area contributed by atoms with Gasteiger partial charge in [-0.25, -0.2) is 4.79 Å². The molecule has 0 aliphatic carbocycles.